The zero-order valence-electron chi connectivity index (χ0n) is 12.9. The predicted molar refractivity (Wildman–Crippen MR) is 84.2 cm³/mol. The molecule has 1 saturated heterocycles. The van der Waals surface area contributed by atoms with Crippen LogP contribution in [0.5, 0.6) is 5.75 Å². The molecule has 1 fully saturated rings. The summed E-state index contributed by atoms with van der Waals surface area (Å²) in [6.07, 6.45) is 3.96. The van der Waals surface area contributed by atoms with Crippen LogP contribution in [0.4, 0.5) is 0 Å². The van der Waals surface area contributed by atoms with E-state index in [1.54, 1.807) is 0 Å². The van der Waals surface area contributed by atoms with Crippen LogP contribution >= 0.6 is 0 Å². The minimum Gasteiger partial charge on any atom is -0.492 e. The van der Waals surface area contributed by atoms with Crippen LogP contribution in [-0.2, 0) is 6.54 Å². The Bertz CT molecular complexity index is 377. The number of benzene rings is 1. The fourth-order valence-electron chi connectivity index (χ4n) is 2.91. The molecule has 1 aliphatic rings. The molecule has 3 nitrogen and oxygen atoms in total. The molecule has 1 N–H and O–H groups in total. The largest absolute Gasteiger partial charge is 0.492 e. The van der Waals surface area contributed by atoms with E-state index in [1.807, 2.05) is 0 Å². The summed E-state index contributed by atoms with van der Waals surface area (Å²) in [5.41, 5.74) is 1.31. The lowest BCUT2D eigenvalue weighted by Crippen LogP contribution is -2.32. The highest BCUT2D eigenvalue weighted by Crippen LogP contribution is 2.19. The highest BCUT2D eigenvalue weighted by Gasteiger charge is 2.21. The van der Waals surface area contributed by atoms with Crippen molar-refractivity contribution in [2.24, 2.45) is 0 Å². The zero-order chi connectivity index (χ0) is 14.2. The number of nitrogens with zero attached hydrogens (tertiary/aromatic N) is 1. The molecule has 1 aliphatic heterocycles. The summed E-state index contributed by atoms with van der Waals surface area (Å²) in [4.78, 5) is 2.57. The Kier molecular flexibility index (Phi) is 6.34. The maximum atomic E-state index is 5.86. The van der Waals surface area contributed by atoms with Crippen LogP contribution in [-0.4, -0.2) is 37.2 Å². The van der Waals surface area contributed by atoms with Gasteiger partial charge < -0.3 is 10.1 Å². The summed E-state index contributed by atoms with van der Waals surface area (Å²) >= 11 is 0. The second-order valence-corrected chi connectivity index (χ2v) is 5.51. The third kappa shape index (κ3) is 4.50. The molecule has 0 bridgehead atoms. The third-order valence-corrected chi connectivity index (χ3v) is 4.12. The summed E-state index contributed by atoms with van der Waals surface area (Å²) in [7, 11) is 0. The molecule has 1 atom stereocenters. The van der Waals surface area contributed by atoms with Gasteiger partial charge in [-0.3, -0.25) is 4.90 Å². The Morgan fingerprint density at radius 3 is 2.75 bits per heavy atom. The number of hydrogen-bond donors (Lipinski definition) is 1. The van der Waals surface area contributed by atoms with E-state index in [4.69, 9.17) is 4.74 Å². The molecule has 0 radical (unpaired) electrons. The monoisotopic (exact) mass is 276 g/mol. The van der Waals surface area contributed by atoms with Crippen LogP contribution in [0.2, 0.25) is 0 Å². The smallest absolute Gasteiger partial charge is 0.119 e. The lowest BCUT2D eigenvalue weighted by atomic mass is 10.2. The first-order chi connectivity index (χ1) is 9.83. The standard InChI is InChI=1S/C17H28N2O/c1-3-16-6-5-11-19(16)12-13-20-17-9-7-15(8-10-17)14-18-4-2/h7-10,16,18H,3-6,11-14H2,1-2H3. The average Bonchev–Trinajstić information content (AvgIpc) is 2.94. The topological polar surface area (TPSA) is 24.5 Å². The lowest BCUT2D eigenvalue weighted by Gasteiger charge is -2.23. The average molecular weight is 276 g/mol. The van der Waals surface area contributed by atoms with Crippen molar-refractivity contribution in [2.75, 3.05) is 26.2 Å². The Balaban J connectivity index is 1.71. The molecular formula is C17H28N2O. The van der Waals surface area contributed by atoms with Crippen molar-refractivity contribution in [2.45, 2.75) is 45.7 Å². The van der Waals surface area contributed by atoms with Crippen molar-refractivity contribution >= 4 is 0 Å². The van der Waals surface area contributed by atoms with Gasteiger partial charge in [0.1, 0.15) is 12.4 Å². The molecule has 1 aromatic rings. The lowest BCUT2D eigenvalue weighted by molar-refractivity contribution is 0.193. The van der Waals surface area contributed by atoms with Gasteiger partial charge in [0, 0.05) is 19.1 Å². The van der Waals surface area contributed by atoms with Crippen molar-refractivity contribution in [3.8, 4) is 5.75 Å². The van der Waals surface area contributed by atoms with E-state index >= 15 is 0 Å². The maximum Gasteiger partial charge on any atom is 0.119 e. The fraction of sp³-hybridized carbons (Fsp3) is 0.647. The Labute approximate surface area is 123 Å². The highest BCUT2D eigenvalue weighted by molar-refractivity contribution is 5.27. The summed E-state index contributed by atoms with van der Waals surface area (Å²) < 4.78 is 5.86. The normalized spacial score (nSPS) is 19.4. The number of nitrogens with one attached hydrogen (secondary N) is 1. The van der Waals surface area contributed by atoms with Gasteiger partial charge in [0.15, 0.2) is 0 Å². The van der Waals surface area contributed by atoms with Gasteiger partial charge in [0.05, 0.1) is 0 Å². The minimum absolute atomic E-state index is 0.779. The number of likely N-dealkylation sites (tertiary alicyclic amines) is 1. The summed E-state index contributed by atoms with van der Waals surface area (Å²) in [5.74, 6) is 0.984. The summed E-state index contributed by atoms with van der Waals surface area (Å²) in [6.45, 7) is 9.44. The van der Waals surface area contributed by atoms with Gasteiger partial charge in [0.25, 0.3) is 0 Å². The molecule has 112 valence electrons. The molecular weight excluding hydrogens is 248 g/mol. The molecule has 0 saturated carbocycles. The van der Waals surface area contributed by atoms with E-state index in [2.05, 4.69) is 48.3 Å². The van der Waals surface area contributed by atoms with Crippen LogP contribution in [0.25, 0.3) is 0 Å². The van der Waals surface area contributed by atoms with Gasteiger partial charge in [-0.15, -0.1) is 0 Å². The molecule has 2 rings (SSSR count). The second kappa shape index (κ2) is 8.28. The number of ether oxygens (including phenoxy) is 1. The predicted octanol–water partition coefficient (Wildman–Crippen LogP) is 3.05. The van der Waals surface area contributed by atoms with Crippen LogP contribution in [0.3, 0.4) is 0 Å². The number of hydrogen-bond acceptors (Lipinski definition) is 3. The van der Waals surface area contributed by atoms with Gasteiger partial charge >= 0.3 is 0 Å². The van der Waals surface area contributed by atoms with Crippen LogP contribution in [0, 0.1) is 0 Å². The van der Waals surface area contributed by atoms with Crippen molar-refractivity contribution in [1.29, 1.82) is 0 Å². The molecule has 1 unspecified atom stereocenters. The first-order valence-electron chi connectivity index (χ1n) is 8.00. The van der Waals surface area contributed by atoms with Crippen molar-refractivity contribution < 1.29 is 4.74 Å². The zero-order valence-corrected chi connectivity index (χ0v) is 12.9. The van der Waals surface area contributed by atoms with Crippen LogP contribution in [0.1, 0.15) is 38.7 Å². The molecule has 0 spiro atoms. The van der Waals surface area contributed by atoms with Gasteiger partial charge in [-0.1, -0.05) is 26.0 Å². The van der Waals surface area contributed by atoms with E-state index < -0.39 is 0 Å². The first-order valence-corrected chi connectivity index (χ1v) is 8.00. The van der Waals surface area contributed by atoms with E-state index in [-0.39, 0.29) is 0 Å². The van der Waals surface area contributed by atoms with E-state index in [0.29, 0.717) is 0 Å². The molecule has 1 heterocycles. The van der Waals surface area contributed by atoms with E-state index in [1.165, 1.54) is 31.4 Å². The van der Waals surface area contributed by atoms with Crippen molar-refractivity contribution in [1.82, 2.24) is 10.2 Å². The van der Waals surface area contributed by atoms with Crippen molar-refractivity contribution in [3.05, 3.63) is 29.8 Å². The molecule has 0 aliphatic carbocycles. The second-order valence-electron chi connectivity index (χ2n) is 5.51. The fourth-order valence-corrected chi connectivity index (χ4v) is 2.91. The van der Waals surface area contributed by atoms with E-state index in [0.717, 1.165) is 38.0 Å². The molecule has 0 amide bonds. The van der Waals surface area contributed by atoms with Gasteiger partial charge in [-0.2, -0.15) is 0 Å². The number of rotatable bonds is 8. The third-order valence-electron chi connectivity index (χ3n) is 4.12. The van der Waals surface area contributed by atoms with E-state index in [9.17, 15) is 0 Å². The summed E-state index contributed by atoms with van der Waals surface area (Å²) in [6, 6.07) is 9.22. The molecule has 0 aromatic heterocycles. The highest BCUT2D eigenvalue weighted by atomic mass is 16.5. The minimum atomic E-state index is 0.779. The van der Waals surface area contributed by atoms with Gasteiger partial charge in [-0.05, 0) is 50.0 Å². The first kappa shape index (κ1) is 15.3. The summed E-state index contributed by atoms with van der Waals surface area (Å²) in [5, 5.41) is 3.33. The molecule has 20 heavy (non-hydrogen) atoms. The van der Waals surface area contributed by atoms with Gasteiger partial charge in [-0.25, -0.2) is 0 Å². The maximum absolute atomic E-state index is 5.86. The Morgan fingerprint density at radius 1 is 1.25 bits per heavy atom. The van der Waals surface area contributed by atoms with Crippen LogP contribution < -0.4 is 10.1 Å². The Morgan fingerprint density at radius 2 is 2.05 bits per heavy atom. The molecule has 1 aromatic carbocycles. The molecule has 3 heteroatoms. The van der Waals surface area contributed by atoms with Crippen LogP contribution in [0.15, 0.2) is 24.3 Å². The Hall–Kier alpha value is -1.06. The van der Waals surface area contributed by atoms with Crippen molar-refractivity contribution in [3.63, 3.8) is 0 Å². The quantitative estimate of drug-likeness (QED) is 0.790. The van der Waals surface area contributed by atoms with Gasteiger partial charge in [0.2, 0.25) is 0 Å². The SMILES string of the molecule is CCNCc1ccc(OCCN2CCCC2CC)cc1.